The lowest BCUT2D eigenvalue weighted by Crippen LogP contribution is -2.36. The van der Waals surface area contributed by atoms with Crippen LogP contribution in [-0.4, -0.2) is 22.0 Å². The van der Waals surface area contributed by atoms with E-state index in [1.54, 1.807) is 0 Å². The van der Waals surface area contributed by atoms with E-state index in [2.05, 4.69) is 17.2 Å². The molecule has 1 aromatic heterocycles. The molecule has 1 aliphatic rings. The minimum Gasteiger partial charge on any atom is -0.354 e. The van der Waals surface area contributed by atoms with Gasteiger partial charge >= 0.3 is 5.69 Å². The molecule has 2 N–H and O–H groups in total. The summed E-state index contributed by atoms with van der Waals surface area (Å²) in [5.41, 5.74) is -1.02. The minimum atomic E-state index is -0.563. The number of aromatic nitrogens is 2. The van der Waals surface area contributed by atoms with Crippen LogP contribution in [0.4, 0.5) is 0 Å². The Balaban J connectivity index is 1.89. The quantitative estimate of drug-likeness (QED) is 0.727. The molecule has 92 valence electrons. The van der Waals surface area contributed by atoms with Gasteiger partial charge in [-0.05, 0) is 18.3 Å². The summed E-state index contributed by atoms with van der Waals surface area (Å²) in [5, 5.41) is 2.77. The van der Waals surface area contributed by atoms with Crippen LogP contribution in [0, 0.1) is 11.8 Å². The molecule has 1 amide bonds. The van der Waals surface area contributed by atoms with E-state index in [1.165, 1.54) is 16.8 Å². The van der Waals surface area contributed by atoms with Crippen LogP contribution in [0.5, 0.6) is 0 Å². The van der Waals surface area contributed by atoms with Gasteiger partial charge in [0.15, 0.2) is 0 Å². The van der Waals surface area contributed by atoms with Crippen LogP contribution in [-0.2, 0) is 11.3 Å². The molecule has 0 aromatic carbocycles. The Morgan fingerprint density at radius 2 is 2.29 bits per heavy atom. The van der Waals surface area contributed by atoms with E-state index in [0.29, 0.717) is 18.4 Å². The maximum atomic E-state index is 11.5. The van der Waals surface area contributed by atoms with Gasteiger partial charge in [0.05, 0.1) is 0 Å². The van der Waals surface area contributed by atoms with E-state index in [4.69, 9.17) is 0 Å². The summed E-state index contributed by atoms with van der Waals surface area (Å²) in [4.78, 5) is 35.7. The van der Waals surface area contributed by atoms with E-state index in [1.807, 2.05) is 0 Å². The molecule has 6 heteroatoms. The molecule has 2 rings (SSSR count). The lowest BCUT2D eigenvalue weighted by atomic mass is 10.3. The Bertz CT molecular complexity index is 531. The summed E-state index contributed by atoms with van der Waals surface area (Å²) < 4.78 is 1.17. The number of amides is 1. The molecule has 0 spiro atoms. The molecule has 0 bridgehead atoms. The first-order valence-corrected chi connectivity index (χ1v) is 5.62. The molecule has 1 fully saturated rings. The maximum absolute atomic E-state index is 11.5. The fraction of sp³-hybridized carbons (Fsp3) is 0.545. The second kappa shape index (κ2) is 4.57. The van der Waals surface area contributed by atoms with Crippen molar-refractivity contribution in [2.24, 2.45) is 11.8 Å². The third kappa shape index (κ3) is 3.05. The van der Waals surface area contributed by atoms with Crippen LogP contribution in [0.3, 0.4) is 0 Å². The fourth-order valence-corrected chi connectivity index (χ4v) is 1.71. The Morgan fingerprint density at radius 3 is 2.88 bits per heavy atom. The molecule has 0 unspecified atom stereocenters. The Hall–Kier alpha value is -1.85. The summed E-state index contributed by atoms with van der Waals surface area (Å²) in [6.07, 6.45) is 2.47. The van der Waals surface area contributed by atoms with Crippen molar-refractivity contribution in [1.29, 1.82) is 0 Å². The van der Waals surface area contributed by atoms with E-state index in [0.717, 1.165) is 6.42 Å². The first-order chi connectivity index (χ1) is 8.06. The van der Waals surface area contributed by atoms with Crippen LogP contribution < -0.4 is 16.6 Å². The predicted molar refractivity (Wildman–Crippen MR) is 61.6 cm³/mol. The number of aromatic amines is 1. The van der Waals surface area contributed by atoms with Gasteiger partial charge in [-0.25, -0.2) is 4.79 Å². The van der Waals surface area contributed by atoms with Crippen molar-refractivity contribution >= 4 is 5.91 Å². The van der Waals surface area contributed by atoms with Gasteiger partial charge < -0.3 is 5.32 Å². The van der Waals surface area contributed by atoms with Crippen LogP contribution in [0.2, 0.25) is 0 Å². The predicted octanol–water partition coefficient (Wildman–Crippen LogP) is -0.691. The van der Waals surface area contributed by atoms with Crippen LogP contribution >= 0.6 is 0 Å². The van der Waals surface area contributed by atoms with Gasteiger partial charge in [-0.3, -0.25) is 19.1 Å². The summed E-state index contributed by atoms with van der Waals surface area (Å²) in [7, 11) is 0. The van der Waals surface area contributed by atoms with Gasteiger partial charge in [0, 0.05) is 18.8 Å². The monoisotopic (exact) mass is 237 g/mol. The number of hydrogen-bond acceptors (Lipinski definition) is 3. The Morgan fingerprint density at radius 1 is 1.59 bits per heavy atom. The number of rotatable bonds is 4. The van der Waals surface area contributed by atoms with Gasteiger partial charge in [-0.1, -0.05) is 6.92 Å². The van der Waals surface area contributed by atoms with Crippen molar-refractivity contribution in [3.8, 4) is 0 Å². The number of nitrogens with zero attached hydrogens (tertiary/aromatic N) is 1. The van der Waals surface area contributed by atoms with Crippen LogP contribution in [0.15, 0.2) is 21.9 Å². The van der Waals surface area contributed by atoms with Crippen molar-refractivity contribution in [3.63, 3.8) is 0 Å². The molecule has 1 aliphatic carbocycles. The average molecular weight is 237 g/mol. The van der Waals surface area contributed by atoms with E-state index < -0.39 is 11.2 Å². The first-order valence-electron chi connectivity index (χ1n) is 5.62. The van der Waals surface area contributed by atoms with Gasteiger partial charge in [0.2, 0.25) is 5.91 Å². The molecule has 6 nitrogen and oxygen atoms in total. The highest BCUT2D eigenvalue weighted by Gasteiger charge is 2.32. The average Bonchev–Trinajstić information content (AvgIpc) is 2.96. The molecule has 1 heterocycles. The van der Waals surface area contributed by atoms with Gasteiger partial charge in [0.1, 0.15) is 6.54 Å². The molecule has 2 atom stereocenters. The number of H-pyrrole nitrogens is 1. The van der Waals surface area contributed by atoms with Crippen molar-refractivity contribution < 1.29 is 4.79 Å². The molecule has 0 radical (unpaired) electrons. The van der Waals surface area contributed by atoms with E-state index in [-0.39, 0.29) is 12.5 Å². The van der Waals surface area contributed by atoms with Crippen molar-refractivity contribution in [3.05, 3.63) is 33.1 Å². The van der Waals surface area contributed by atoms with Crippen molar-refractivity contribution in [2.45, 2.75) is 19.9 Å². The van der Waals surface area contributed by atoms with Crippen LogP contribution in [0.1, 0.15) is 13.3 Å². The van der Waals surface area contributed by atoms with Gasteiger partial charge in [0.25, 0.3) is 5.56 Å². The lowest BCUT2D eigenvalue weighted by molar-refractivity contribution is -0.121. The molecule has 17 heavy (non-hydrogen) atoms. The molecule has 1 aromatic rings. The second-order valence-electron chi connectivity index (χ2n) is 4.52. The first kappa shape index (κ1) is 11.6. The smallest absolute Gasteiger partial charge is 0.328 e. The van der Waals surface area contributed by atoms with Gasteiger partial charge in [-0.2, -0.15) is 0 Å². The second-order valence-corrected chi connectivity index (χ2v) is 4.52. The molecule has 0 aliphatic heterocycles. The van der Waals surface area contributed by atoms with Crippen LogP contribution in [0.25, 0.3) is 0 Å². The highest BCUT2D eigenvalue weighted by atomic mass is 16.2. The number of nitrogens with one attached hydrogen (secondary N) is 2. The third-order valence-corrected chi connectivity index (χ3v) is 3.05. The molecule has 0 saturated heterocycles. The molecular formula is C11H15N3O3. The lowest BCUT2D eigenvalue weighted by Gasteiger charge is -2.05. The van der Waals surface area contributed by atoms with E-state index >= 15 is 0 Å². The summed E-state index contributed by atoms with van der Waals surface area (Å²) in [6.45, 7) is 2.75. The highest BCUT2D eigenvalue weighted by Crippen LogP contribution is 2.36. The fourth-order valence-electron chi connectivity index (χ4n) is 1.71. The summed E-state index contributed by atoms with van der Waals surface area (Å²) in [6, 6.07) is 1.22. The van der Waals surface area contributed by atoms with Gasteiger partial charge in [-0.15, -0.1) is 0 Å². The Labute approximate surface area is 97.7 Å². The number of carbonyl (C=O) groups is 1. The SMILES string of the molecule is C[C@@H]1C[C@H]1CNC(=O)Cn1ccc(=O)[nH]c1=O. The third-order valence-electron chi connectivity index (χ3n) is 3.05. The minimum absolute atomic E-state index is 0.0588. The topological polar surface area (TPSA) is 84.0 Å². The zero-order valence-corrected chi connectivity index (χ0v) is 9.60. The number of carbonyl (C=O) groups excluding carboxylic acids is 1. The summed E-state index contributed by atoms with van der Waals surface area (Å²) in [5.74, 6) is 1.05. The zero-order valence-electron chi connectivity index (χ0n) is 9.60. The maximum Gasteiger partial charge on any atom is 0.328 e. The highest BCUT2D eigenvalue weighted by molar-refractivity contribution is 5.75. The van der Waals surface area contributed by atoms with Crippen molar-refractivity contribution in [1.82, 2.24) is 14.9 Å². The molecular weight excluding hydrogens is 222 g/mol. The summed E-state index contributed by atoms with van der Waals surface area (Å²) >= 11 is 0. The number of hydrogen-bond donors (Lipinski definition) is 2. The van der Waals surface area contributed by atoms with E-state index in [9.17, 15) is 14.4 Å². The largest absolute Gasteiger partial charge is 0.354 e. The Kier molecular flexibility index (Phi) is 3.12. The standard InChI is InChI=1S/C11H15N3O3/c1-7-4-8(7)5-12-10(16)6-14-3-2-9(15)13-11(14)17/h2-3,7-8H,4-6H2,1H3,(H,12,16)(H,13,15,17)/t7-,8+/m1/s1. The molecule has 1 saturated carbocycles. The van der Waals surface area contributed by atoms with Crippen molar-refractivity contribution in [2.75, 3.05) is 6.54 Å². The zero-order chi connectivity index (χ0) is 12.4. The normalized spacial score (nSPS) is 22.2.